The zero-order valence-electron chi connectivity index (χ0n) is 6.57. The normalized spacial score (nSPS) is 9.42. The van der Waals surface area contributed by atoms with Crippen LogP contribution in [0.25, 0.3) is 0 Å². The number of rotatable bonds is 3. The van der Waals surface area contributed by atoms with Crippen molar-refractivity contribution in [2.24, 2.45) is 0 Å². The summed E-state index contributed by atoms with van der Waals surface area (Å²) in [4.78, 5) is 10.5. The van der Waals surface area contributed by atoms with E-state index in [1.807, 2.05) is 0 Å². The highest BCUT2D eigenvalue weighted by molar-refractivity contribution is 5.87. The first kappa shape index (κ1) is 8.59. The molecule has 0 aliphatic rings. The molecule has 62 valence electrons. The van der Waals surface area contributed by atoms with Crippen LogP contribution in [0.5, 0.6) is 5.75 Å². The largest absolute Gasteiger partial charge is 0.479 e. The lowest BCUT2D eigenvalue weighted by Gasteiger charge is -2.00. The van der Waals surface area contributed by atoms with Gasteiger partial charge in [-0.15, -0.1) is 0 Å². The topological polar surface area (TPSA) is 46.5 Å². The second kappa shape index (κ2) is 3.76. The van der Waals surface area contributed by atoms with Gasteiger partial charge in [-0.1, -0.05) is 6.07 Å². The number of carboxylic acid groups (broad SMARTS) is 1. The molecule has 0 bridgehead atoms. The third kappa shape index (κ3) is 1.99. The summed E-state index contributed by atoms with van der Waals surface area (Å²) in [6, 6.07) is 6.24. The molecule has 3 nitrogen and oxygen atoms in total. The van der Waals surface area contributed by atoms with Gasteiger partial charge < -0.3 is 9.84 Å². The third-order valence-corrected chi connectivity index (χ3v) is 1.30. The molecular weight excluding hydrogens is 156 g/mol. The van der Waals surface area contributed by atoms with Crippen LogP contribution in [-0.2, 0) is 0 Å². The minimum absolute atomic E-state index is 0.211. The van der Waals surface area contributed by atoms with Crippen molar-refractivity contribution in [1.82, 2.24) is 0 Å². The van der Waals surface area contributed by atoms with E-state index in [1.54, 1.807) is 19.1 Å². The number of hydrogen-bond acceptors (Lipinski definition) is 2. The van der Waals surface area contributed by atoms with Crippen LogP contribution in [0.15, 0.2) is 24.3 Å². The van der Waals surface area contributed by atoms with E-state index >= 15 is 0 Å². The fourth-order valence-electron chi connectivity index (χ4n) is 0.810. The predicted molar refractivity (Wildman–Crippen MR) is 42.9 cm³/mol. The van der Waals surface area contributed by atoms with E-state index in [1.165, 1.54) is 12.1 Å². The molecule has 0 unspecified atom stereocenters. The second-order valence-electron chi connectivity index (χ2n) is 2.14. The first-order chi connectivity index (χ1) is 5.74. The SMILES string of the molecule is C[C]Oc1cccc(C(=O)O)c1. The quantitative estimate of drug-likeness (QED) is 0.741. The van der Waals surface area contributed by atoms with Gasteiger partial charge in [-0.3, -0.25) is 0 Å². The second-order valence-corrected chi connectivity index (χ2v) is 2.14. The van der Waals surface area contributed by atoms with E-state index in [9.17, 15) is 4.79 Å². The minimum Gasteiger partial charge on any atom is -0.479 e. The smallest absolute Gasteiger partial charge is 0.335 e. The van der Waals surface area contributed by atoms with Crippen molar-refractivity contribution in [2.75, 3.05) is 0 Å². The molecule has 0 amide bonds. The van der Waals surface area contributed by atoms with Crippen molar-refractivity contribution in [3.8, 4) is 5.75 Å². The van der Waals surface area contributed by atoms with E-state index in [0.29, 0.717) is 5.75 Å². The molecule has 0 heterocycles. The molecule has 1 aromatic rings. The molecule has 1 aromatic carbocycles. The Bertz CT molecular complexity index is 281. The van der Waals surface area contributed by atoms with Gasteiger partial charge in [0.15, 0.2) is 6.61 Å². The first-order valence-corrected chi connectivity index (χ1v) is 3.41. The van der Waals surface area contributed by atoms with Crippen LogP contribution in [0.2, 0.25) is 0 Å². The Kier molecular flexibility index (Phi) is 2.69. The van der Waals surface area contributed by atoms with Gasteiger partial charge in [-0.25, -0.2) is 4.79 Å². The van der Waals surface area contributed by atoms with Crippen LogP contribution in [0.3, 0.4) is 0 Å². The fraction of sp³-hybridized carbons (Fsp3) is 0.111. The molecular formula is C9H8O3. The Balaban J connectivity index is 2.88. The number of ether oxygens (including phenoxy) is 1. The van der Waals surface area contributed by atoms with Gasteiger partial charge in [0.2, 0.25) is 0 Å². The highest BCUT2D eigenvalue weighted by Gasteiger charge is 2.02. The van der Waals surface area contributed by atoms with Gasteiger partial charge in [0.05, 0.1) is 5.56 Å². The van der Waals surface area contributed by atoms with Crippen LogP contribution in [0, 0.1) is 6.61 Å². The van der Waals surface area contributed by atoms with Crippen molar-refractivity contribution in [2.45, 2.75) is 6.92 Å². The maximum absolute atomic E-state index is 10.5. The molecule has 0 fully saturated rings. The number of benzene rings is 1. The van der Waals surface area contributed by atoms with Crippen molar-refractivity contribution in [1.29, 1.82) is 0 Å². The van der Waals surface area contributed by atoms with E-state index in [2.05, 4.69) is 6.61 Å². The molecule has 12 heavy (non-hydrogen) atoms. The highest BCUT2D eigenvalue weighted by Crippen LogP contribution is 2.13. The highest BCUT2D eigenvalue weighted by atomic mass is 16.5. The first-order valence-electron chi connectivity index (χ1n) is 3.41. The Labute approximate surface area is 70.6 Å². The van der Waals surface area contributed by atoms with E-state index in [-0.39, 0.29) is 5.56 Å². The molecule has 0 saturated heterocycles. The summed E-state index contributed by atoms with van der Waals surface area (Å²) < 4.78 is 4.88. The molecule has 2 radical (unpaired) electrons. The lowest BCUT2D eigenvalue weighted by Crippen LogP contribution is -1.96. The van der Waals surface area contributed by atoms with Crippen molar-refractivity contribution in [3.05, 3.63) is 36.4 Å². The summed E-state index contributed by atoms with van der Waals surface area (Å²) in [6.45, 7) is 4.06. The molecule has 0 spiro atoms. The maximum Gasteiger partial charge on any atom is 0.335 e. The van der Waals surface area contributed by atoms with Crippen molar-refractivity contribution < 1.29 is 14.6 Å². The lowest BCUT2D eigenvalue weighted by atomic mass is 10.2. The third-order valence-electron chi connectivity index (χ3n) is 1.30. The van der Waals surface area contributed by atoms with Gasteiger partial charge in [-0.2, -0.15) is 0 Å². The maximum atomic E-state index is 10.5. The summed E-state index contributed by atoms with van der Waals surface area (Å²) in [5.41, 5.74) is 0.211. The van der Waals surface area contributed by atoms with Crippen LogP contribution in [0.4, 0.5) is 0 Å². The number of hydrogen-bond donors (Lipinski definition) is 1. The molecule has 0 aromatic heterocycles. The Morgan fingerprint density at radius 1 is 1.58 bits per heavy atom. The van der Waals surface area contributed by atoms with Crippen molar-refractivity contribution in [3.63, 3.8) is 0 Å². The Morgan fingerprint density at radius 3 is 2.92 bits per heavy atom. The number of carboxylic acids is 1. The predicted octanol–water partition coefficient (Wildman–Crippen LogP) is 1.82. The van der Waals surface area contributed by atoms with Gasteiger partial charge >= 0.3 is 5.97 Å². The van der Waals surface area contributed by atoms with Gasteiger partial charge in [0.1, 0.15) is 5.75 Å². The van der Waals surface area contributed by atoms with Gasteiger partial charge in [0.25, 0.3) is 0 Å². The van der Waals surface area contributed by atoms with Crippen LogP contribution in [0.1, 0.15) is 17.3 Å². The van der Waals surface area contributed by atoms with Gasteiger partial charge in [-0.05, 0) is 25.1 Å². The van der Waals surface area contributed by atoms with Crippen molar-refractivity contribution >= 4 is 5.97 Å². The Morgan fingerprint density at radius 2 is 2.33 bits per heavy atom. The lowest BCUT2D eigenvalue weighted by molar-refractivity contribution is 0.0696. The van der Waals surface area contributed by atoms with E-state index < -0.39 is 5.97 Å². The summed E-state index contributed by atoms with van der Waals surface area (Å²) >= 11 is 0. The minimum atomic E-state index is -0.962. The van der Waals surface area contributed by atoms with Gasteiger partial charge in [0, 0.05) is 0 Å². The van der Waals surface area contributed by atoms with Crippen LogP contribution < -0.4 is 4.74 Å². The monoisotopic (exact) mass is 164 g/mol. The molecule has 0 aliphatic carbocycles. The molecule has 0 atom stereocenters. The molecule has 1 N–H and O–H groups in total. The average molecular weight is 164 g/mol. The zero-order valence-corrected chi connectivity index (χ0v) is 6.57. The summed E-state index contributed by atoms with van der Waals surface area (Å²) in [5, 5.41) is 8.60. The fourth-order valence-corrected chi connectivity index (χ4v) is 0.810. The number of aromatic carboxylic acids is 1. The molecule has 0 aliphatic heterocycles. The molecule has 1 rings (SSSR count). The number of carbonyl (C=O) groups is 1. The zero-order chi connectivity index (χ0) is 8.97. The summed E-state index contributed by atoms with van der Waals surface area (Å²) in [7, 11) is 0. The van der Waals surface area contributed by atoms with Crippen LogP contribution in [-0.4, -0.2) is 11.1 Å². The van der Waals surface area contributed by atoms with E-state index in [0.717, 1.165) is 0 Å². The summed E-state index contributed by atoms with van der Waals surface area (Å²) in [5.74, 6) is -0.478. The standard InChI is InChI=1S/C9H8O3/c1-2-12-8-5-3-4-7(6-8)9(10)11/h3-6H,1H3,(H,10,11). The summed E-state index contributed by atoms with van der Waals surface area (Å²) in [6.07, 6.45) is 0. The Hall–Kier alpha value is -1.51. The average Bonchev–Trinajstić information content (AvgIpc) is 2.05. The molecule has 0 saturated carbocycles. The molecule has 3 heteroatoms. The van der Waals surface area contributed by atoms with Crippen LogP contribution >= 0.6 is 0 Å². The van der Waals surface area contributed by atoms with E-state index in [4.69, 9.17) is 9.84 Å².